The van der Waals surface area contributed by atoms with Crippen molar-refractivity contribution in [1.82, 2.24) is 4.90 Å². The van der Waals surface area contributed by atoms with E-state index in [1.54, 1.807) is 0 Å². The molecule has 1 saturated heterocycles. The largest absolute Gasteiger partial charge is 0.339 e. The fraction of sp³-hybridized carbons (Fsp3) is 0.923. The van der Waals surface area contributed by atoms with Gasteiger partial charge in [0.1, 0.15) is 0 Å². The van der Waals surface area contributed by atoms with Crippen LogP contribution in [0.15, 0.2) is 0 Å². The van der Waals surface area contributed by atoms with E-state index in [1.807, 2.05) is 0 Å². The number of nitrogens with zero attached hydrogens (tertiary/aromatic N) is 1. The van der Waals surface area contributed by atoms with E-state index in [-0.39, 0.29) is 0 Å². The van der Waals surface area contributed by atoms with Crippen LogP contribution < -0.4 is 0 Å². The molecule has 0 aromatic heterocycles. The van der Waals surface area contributed by atoms with Crippen LogP contribution in [0, 0.1) is 5.92 Å². The minimum absolute atomic E-state index is 0.344. The van der Waals surface area contributed by atoms with Gasteiger partial charge < -0.3 is 4.90 Å². The molecule has 1 heterocycles. The van der Waals surface area contributed by atoms with Gasteiger partial charge >= 0.3 is 0 Å². The van der Waals surface area contributed by atoms with Crippen LogP contribution in [0.4, 0.5) is 0 Å². The van der Waals surface area contributed by atoms with Crippen molar-refractivity contribution in [1.29, 1.82) is 0 Å². The summed E-state index contributed by atoms with van der Waals surface area (Å²) in [7, 11) is 0. The number of halogens is 1. The van der Waals surface area contributed by atoms with E-state index >= 15 is 0 Å². The summed E-state index contributed by atoms with van der Waals surface area (Å²) in [5.41, 5.74) is 0. The molecule has 1 atom stereocenters. The van der Waals surface area contributed by atoms with E-state index in [4.69, 9.17) is 11.6 Å². The quantitative estimate of drug-likeness (QED) is 0.683. The van der Waals surface area contributed by atoms with Crippen LogP contribution in [0.2, 0.25) is 0 Å². The summed E-state index contributed by atoms with van der Waals surface area (Å²) in [5.74, 6) is 1.38. The lowest BCUT2D eigenvalue weighted by Crippen LogP contribution is -2.37. The molecule has 2 rings (SSSR count). The minimum atomic E-state index is 0.344. The van der Waals surface area contributed by atoms with Crippen molar-refractivity contribution in [3.8, 4) is 0 Å². The van der Waals surface area contributed by atoms with Gasteiger partial charge in [-0.25, -0.2) is 0 Å². The highest BCUT2D eigenvalue weighted by Crippen LogP contribution is 2.27. The van der Waals surface area contributed by atoms with Gasteiger partial charge in [-0.3, -0.25) is 4.79 Å². The van der Waals surface area contributed by atoms with E-state index in [0.29, 0.717) is 30.2 Å². The molecule has 1 amide bonds. The maximum atomic E-state index is 11.9. The number of carbonyl (C=O) groups excluding carboxylic acids is 1. The summed E-state index contributed by atoms with van der Waals surface area (Å²) < 4.78 is 0. The Bertz CT molecular complexity index is 236. The summed E-state index contributed by atoms with van der Waals surface area (Å²) in [6.07, 6.45) is 9.75. The van der Waals surface area contributed by atoms with Crippen LogP contribution >= 0.6 is 11.6 Å². The molecule has 2 fully saturated rings. The van der Waals surface area contributed by atoms with Crippen LogP contribution in [-0.4, -0.2) is 29.3 Å². The Morgan fingerprint density at radius 2 is 1.75 bits per heavy atom. The second-order valence-corrected chi connectivity index (χ2v) is 5.58. The van der Waals surface area contributed by atoms with Gasteiger partial charge in [0, 0.05) is 24.9 Å². The molecule has 0 spiro atoms. The summed E-state index contributed by atoms with van der Waals surface area (Å²) in [6, 6.07) is 0.515. The normalized spacial score (nSPS) is 29.2. The van der Waals surface area contributed by atoms with Gasteiger partial charge in [-0.15, -0.1) is 11.6 Å². The maximum Gasteiger partial charge on any atom is 0.223 e. The van der Waals surface area contributed by atoms with Crippen molar-refractivity contribution in [2.45, 2.75) is 57.4 Å². The SMILES string of the molecule is O=C1CC(CCl)CN1C1CCCCCCC1. The molecule has 0 aromatic rings. The number of alkyl halides is 1. The molecule has 0 aromatic carbocycles. The van der Waals surface area contributed by atoms with Crippen molar-refractivity contribution in [3.63, 3.8) is 0 Å². The van der Waals surface area contributed by atoms with E-state index in [0.717, 1.165) is 6.54 Å². The topological polar surface area (TPSA) is 20.3 Å². The number of hydrogen-bond donors (Lipinski definition) is 0. The zero-order valence-corrected chi connectivity index (χ0v) is 10.7. The van der Waals surface area contributed by atoms with Crippen molar-refractivity contribution in [2.24, 2.45) is 5.92 Å². The number of amides is 1. The number of rotatable bonds is 2. The van der Waals surface area contributed by atoms with Crippen LogP contribution in [0.25, 0.3) is 0 Å². The Morgan fingerprint density at radius 3 is 2.31 bits per heavy atom. The monoisotopic (exact) mass is 243 g/mol. The number of carbonyl (C=O) groups is 1. The van der Waals surface area contributed by atoms with Gasteiger partial charge in [-0.05, 0) is 18.8 Å². The maximum absolute atomic E-state index is 11.9. The molecule has 1 aliphatic heterocycles. The Kier molecular flexibility index (Phi) is 4.51. The van der Waals surface area contributed by atoms with Crippen molar-refractivity contribution < 1.29 is 4.79 Å². The molecular formula is C13H22ClNO. The average Bonchev–Trinajstić information content (AvgIpc) is 2.60. The third-order valence-corrected chi connectivity index (χ3v) is 4.41. The standard InChI is InChI=1S/C13H22ClNO/c14-9-11-8-13(16)15(10-11)12-6-4-2-1-3-5-7-12/h11-12H,1-10H2. The van der Waals surface area contributed by atoms with Crippen molar-refractivity contribution >= 4 is 17.5 Å². The van der Waals surface area contributed by atoms with Crippen LogP contribution in [-0.2, 0) is 4.79 Å². The lowest BCUT2D eigenvalue weighted by atomic mass is 9.96. The first-order chi connectivity index (χ1) is 7.81. The Hall–Kier alpha value is -0.240. The Labute approximate surface area is 103 Å². The summed E-state index contributed by atoms with van der Waals surface area (Å²) in [4.78, 5) is 14.0. The van der Waals surface area contributed by atoms with E-state index in [2.05, 4.69) is 4.90 Å². The predicted molar refractivity (Wildman–Crippen MR) is 66.6 cm³/mol. The third-order valence-electron chi connectivity index (χ3n) is 3.97. The van der Waals surface area contributed by atoms with Gasteiger partial charge in [0.2, 0.25) is 5.91 Å². The third kappa shape index (κ3) is 2.91. The zero-order valence-electron chi connectivity index (χ0n) is 9.96. The highest BCUT2D eigenvalue weighted by atomic mass is 35.5. The number of likely N-dealkylation sites (tertiary alicyclic amines) is 1. The minimum Gasteiger partial charge on any atom is -0.339 e. The molecule has 2 nitrogen and oxygen atoms in total. The Morgan fingerprint density at radius 1 is 1.12 bits per heavy atom. The van der Waals surface area contributed by atoms with Gasteiger partial charge in [0.15, 0.2) is 0 Å². The molecule has 16 heavy (non-hydrogen) atoms. The molecule has 2 aliphatic rings. The molecule has 92 valence electrons. The predicted octanol–water partition coefficient (Wildman–Crippen LogP) is 3.19. The molecule has 0 N–H and O–H groups in total. The van der Waals surface area contributed by atoms with Gasteiger partial charge in [-0.2, -0.15) is 0 Å². The highest BCUT2D eigenvalue weighted by molar-refractivity contribution is 6.18. The fourth-order valence-corrected chi connectivity index (χ4v) is 3.22. The van der Waals surface area contributed by atoms with E-state index in [9.17, 15) is 4.79 Å². The summed E-state index contributed by atoms with van der Waals surface area (Å²) >= 11 is 5.86. The molecule has 0 radical (unpaired) electrons. The second-order valence-electron chi connectivity index (χ2n) is 5.27. The molecule has 1 aliphatic carbocycles. The summed E-state index contributed by atoms with van der Waals surface area (Å²) in [6.45, 7) is 0.910. The van der Waals surface area contributed by atoms with E-state index in [1.165, 1.54) is 44.9 Å². The average molecular weight is 244 g/mol. The van der Waals surface area contributed by atoms with Gasteiger partial charge in [-0.1, -0.05) is 32.1 Å². The first kappa shape index (κ1) is 12.2. The summed E-state index contributed by atoms with van der Waals surface area (Å²) in [5, 5.41) is 0. The smallest absolute Gasteiger partial charge is 0.223 e. The van der Waals surface area contributed by atoms with Crippen LogP contribution in [0.5, 0.6) is 0 Å². The second kappa shape index (κ2) is 5.90. The lowest BCUT2D eigenvalue weighted by molar-refractivity contribution is -0.130. The first-order valence-corrected chi connectivity index (χ1v) is 7.20. The molecular weight excluding hydrogens is 222 g/mol. The zero-order chi connectivity index (χ0) is 11.4. The van der Waals surface area contributed by atoms with Gasteiger partial charge in [0.05, 0.1) is 0 Å². The van der Waals surface area contributed by atoms with Crippen molar-refractivity contribution in [2.75, 3.05) is 12.4 Å². The highest BCUT2D eigenvalue weighted by Gasteiger charge is 2.33. The van der Waals surface area contributed by atoms with E-state index < -0.39 is 0 Å². The lowest BCUT2D eigenvalue weighted by Gasteiger charge is -2.29. The number of hydrogen-bond acceptors (Lipinski definition) is 1. The van der Waals surface area contributed by atoms with Crippen LogP contribution in [0.3, 0.4) is 0 Å². The molecule has 1 unspecified atom stereocenters. The van der Waals surface area contributed by atoms with Crippen molar-refractivity contribution in [3.05, 3.63) is 0 Å². The van der Waals surface area contributed by atoms with Gasteiger partial charge in [0.25, 0.3) is 0 Å². The van der Waals surface area contributed by atoms with Crippen LogP contribution in [0.1, 0.15) is 51.4 Å². The fourth-order valence-electron chi connectivity index (χ4n) is 3.01. The molecule has 3 heteroatoms. The Balaban J connectivity index is 1.91. The first-order valence-electron chi connectivity index (χ1n) is 6.66. The molecule has 0 bridgehead atoms. The molecule has 1 saturated carbocycles.